The van der Waals surface area contributed by atoms with Gasteiger partial charge in [-0.25, -0.2) is 9.97 Å². The number of hydrogen-bond donors (Lipinski definition) is 4. The molecule has 0 saturated carbocycles. The average Bonchev–Trinajstić information content (AvgIpc) is 2.90. The first-order valence-corrected chi connectivity index (χ1v) is 8.13. The summed E-state index contributed by atoms with van der Waals surface area (Å²) in [5, 5.41) is 21.8. The maximum atomic E-state index is 11.7. The van der Waals surface area contributed by atoms with Crippen LogP contribution >= 0.6 is 7.60 Å². The number of hydrogen-bond acceptors (Lipinski definition) is 7. The Balaban J connectivity index is 0.00000192. The monoisotopic (exact) mass is 349 g/mol. The first kappa shape index (κ1) is 18.3. The van der Waals surface area contributed by atoms with Gasteiger partial charge in [0, 0.05) is 5.88 Å². The quantitative estimate of drug-likeness (QED) is 0.244. The van der Waals surface area contributed by atoms with Gasteiger partial charge >= 0.3 is 37.2 Å². The Labute approximate surface area is 152 Å². The van der Waals surface area contributed by atoms with Crippen LogP contribution in [-0.2, 0) is 4.57 Å². The van der Waals surface area contributed by atoms with Crippen LogP contribution in [0.15, 0.2) is 18.0 Å². The van der Waals surface area contributed by atoms with Gasteiger partial charge in [-0.2, -0.15) is 4.98 Å². The van der Waals surface area contributed by atoms with E-state index in [2.05, 4.69) is 15.0 Å². The molecule has 23 heavy (non-hydrogen) atoms. The third-order valence-corrected chi connectivity index (χ3v) is 4.26. The molecule has 0 aliphatic heterocycles. The number of aromatic nitrogens is 4. The van der Waals surface area contributed by atoms with Gasteiger partial charge in [-0.05, 0) is 6.42 Å². The van der Waals surface area contributed by atoms with Crippen molar-refractivity contribution in [2.45, 2.75) is 18.6 Å². The predicted molar refractivity (Wildman–Crippen MR) is 73.8 cm³/mol. The van der Waals surface area contributed by atoms with Crippen LogP contribution in [0.2, 0.25) is 0 Å². The van der Waals surface area contributed by atoms with E-state index >= 15 is 0 Å². The van der Waals surface area contributed by atoms with Gasteiger partial charge in [0.1, 0.15) is 5.52 Å². The fraction of sp³-hybridized carbons (Fsp3) is 0.364. The molecule has 0 saturated heterocycles. The van der Waals surface area contributed by atoms with Gasteiger partial charge in [-0.1, -0.05) is 11.6 Å². The molecule has 2 heterocycles. The van der Waals surface area contributed by atoms with E-state index in [-0.39, 0.29) is 53.1 Å². The van der Waals surface area contributed by atoms with Crippen LogP contribution in [0.1, 0.15) is 12.5 Å². The van der Waals surface area contributed by atoms with Crippen LogP contribution < -0.4 is 40.4 Å². The minimum atomic E-state index is -4.21. The number of aliphatic hydroxyl groups excluding tert-OH is 1. The van der Waals surface area contributed by atoms with E-state index in [4.69, 9.17) is 15.5 Å². The Hall–Kier alpha value is -1.00. The van der Waals surface area contributed by atoms with Gasteiger partial charge in [-0.15, -0.1) is 0 Å². The molecule has 1 aliphatic carbocycles. The van der Waals surface area contributed by atoms with E-state index in [0.717, 1.165) is 0 Å². The largest absolute Gasteiger partial charge is 1.00 e. The van der Waals surface area contributed by atoms with Gasteiger partial charge < -0.3 is 30.3 Å². The summed E-state index contributed by atoms with van der Waals surface area (Å²) in [7, 11) is -4.21. The van der Waals surface area contributed by atoms with Crippen molar-refractivity contribution in [2.24, 2.45) is 0 Å². The summed E-state index contributed by atoms with van der Waals surface area (Å²) < 4.78 is 12.5. The Bertz CT molecular complexity index is 818. The fourth-order valence-electron chi connectivity index (χ4n) is 2.60. The summed E-state index contributed by atoms with van der Waals surface area (Å²) >= 11 is 0. The van der Waals surface area contributed by atoms with Crippen molar-refractivity contribution in [1.82, 2.24) is 19.5 Å². The smallest absolute Gasteiger partial charge is 0.857 e. The Morgan fingerprint density at radius 3 is 2.78 bits per heavy atom. The first-order chi connectivity index (χ1) is 10.2. The molecule has 118 valence electrons. The van der Waals surface area contributed by atoms with E-state index in [1.54, 1.807) is 0 Å². The van der Waals surface area contributed by atoms with Crippen LogP contribution in [-0.4, -0.2) is 46.7 Å². The third-order valence-electron chi connectivity index (χ3n) is 3.45. The summed E-state index contributed by atoms with van der Waals surface area (Å²) in [6.07, 6.45) is 1.57. The minimum Gasteiger partial charge on any atom is -0.857 e. The van der Waals surface area contributed by atoms with E-state index in [0.29, 0.717) is 5.57 Å². The van der Waals surface area contributed by atoms with Crippen molar-refractivity contribution in [2.75, 3.05) is 11.9 Å². The summed E-state index contributed by atoms with van der Waals surface area (Å²) in [6.45, 7) is 0. The molecule has 0 amide bonds. The summed E-state index contributed by atoms with van der Waals surface area (Å²) in [5.41, 5.74) is 6.12. The molecule has 0 spiro atoms. The number of allylic oxidation sites excluding steroid dienone is 1. The molecule has 2 aromatic rings. The fourth-order valence-corrected chi connectivity index (χ4v) is 3.37. The van der Waals surface area contributed by atoms with Gasteiger partial charge in [0.25, 0.3) is 0 Å². The van der Waals surface area contributed by atoms with Gasteiger partial charge in [0.2, 0.25) is 5.95 Å². The molecule has 0 unspecified atom stereocenters. The van der Waals surface area contributed by atoms with Crippen LogP contribution in [0.25, 0.3) is 11.2 Å². The number of rotatable bonds is 3. The van der Waals surface area contributed by atoms with Crippen molar-refractivity contribution in [3.05, 3.63) is 18.0 Å². The maximum absolute atomic E-state index is 11.7. The Morgan fingerprint density at radius 2 is 2.13 bits per heavy atom. The minimum absolute atomic E-state index is 0. The molecule has 0 fully saturated rings. The molecule has 1 aliphatic rings. The number of anilines is 1. The molecule has 12 heteroatoms. The standard InChI is InChI=1S/C11H14N5O5P.Na/c12-11-14-9-8(10(18)15-11)13-4-16(9)6-1-5(2-7(6)17)3-22(19,20)21;/h2,4,6-7,17H,1,3H2,(H2,19,20,21)(H3,12,14,15,18);/q;+1/p-1/t6-,7-;/m1./s1. The van der Waals surface area contributed by atoms with Crippen LogP contribution in [0.3, 0.4) is 0 Å². The van der Waals surface area contributed by atoms with E-state index in [1.807, 2.05) is 0 Å². The Morgan fingerprint density at radius 1 is 1.43 bits per heavy atom. The second-order valence-corrected chi connectivity index (χ2v) is 6.77. The number of fused-ring (bicyclic) bond motifs is 1. The van der Waals surface area contributed by atoms with E-state index in [9.17, 15) is 14.8 Å². The van der Waals surface area contributed by atoms with E-state index in [1.165, 1.54) is 17.0 Å². The normalized spacial score (nSPS) is 21.3. The topological polar surface area (TPSA) is 170 Å². The number of nitrogens with zero attached hydrogens (tertiary/aromatic N) is 4. The van der Waals surface area contributed by atoms with Crippen molar-refractivity contribution in [3.63, 3.8) is 0 Å². The molecule has 10 nitrogen and oxygen atoms in total. The molecular weight excluding hydrogens is 336 g/mol. The zero-order valence-corrected chi connectivity index (χ0v) is 15.1. The maximum Gasteiger partial charge on any atom is 1.00 e. The van der Waals surface area contributed by atoms with Crippen LogP contribution in [0.5, 0.6) is 5.88 Å². The molecule has 0 radical (unpaired) electrons. The summed E-state index contributed by atoms with van der Waals surface area (Å²) in [5.74, 6) is -0.813. The molecule has 5 N–H and O–H groups in total. The molecular formula is C11H13N5NaO5P. The van der Waals surface area contributed by atoms with E-state index < -0.39 is 31.8 Å². The molecule has 0 bridgehead atoms. The van der Waals surface area contributed by atoms with Gasteiger partial charge in [-0.3, -0.25) is 4.57 Å². The summed E-state index contributed by atoms with van der Waals surface area (Å²) in [4.78, 5) is 29.4. The third kappa shape index (κ3) is 3.74. The van der Waals surface area contributed by atoms with Crippen LogP contribution in [0, 0.1) is 0 Å². The molecule has 0 aromatic carbocycles. The average molecular weight is 349 g/mol. The molecule has 2 aromatic heterocycles. The molecule has 3 rings (SSSR count). The van der Waals surface area contributed by atoms with Gasteiger partial charge in [0.05, 0.1) is 24.6 Å². The SMILES string of the molecule is Nc1nc([O-])c2ncn([C@@H]3CC(CP(=O)(O)O)=C[C@H]3O)c2n1.[Na+]. The zero-order valence-electron chi connectivity index (χ0n) is 12.2. The molecule has 2 atom stereocenters. The number of aliphatic hydroxyl groups is 1. The van der Waals surface area contributed by atoms with Crippen LogP contribution in [0.4, 0.5) is 5.95 Å². The second kappa shape index (κ2) is 6.48. The number of imidazole rings is 1. The Kier molecular flexibility index (Phi) is 5.17. The zero-order chi connectivity index (χ0) is 16.1. The van der Waals surface area contributed by atoms with Crippen molar-refractivity contribution < 1.29 is 54.1 Å². The van der Waals surface area contributed by atoms with Crippen molar-refractivity contribution in [3.8, 4) is 5.88 Å². The van der Waals surface area contributed by atoms with Gasteiger partial charge in [0.15, 0.2) is 5.65 Å². The number of nitrogens with two attached hydrogens (primary N) is 1. The summed E-state index contributed by atoms with van der Waals surface area (Å²) in [6, 6.07) is -0.555. The second-order valence-electron chi connectivity index (χ2n) is 5.12. The first-order valence-electron chi connectivity index (χ1n) is 6.34. The van der Waals surface area contributed by atoms with Crippen molar-refractivity contribution in [1.29, 1.82) is 0 Å². The number of nitrogen functional groups attached to an aromatic ring is 1. The predicted octanol–water partition coefficient (Wildman–Crippen LogP) is -4.10. The van der Waals surface area contributed by atoms with Crippen molar-refractivity contribution >= 4 is 24.7 Å².